The minimum Gasteiger partial charge on any atom is -0.478 e. The van der Waals surface area contributed by atoms with Gasteiger partial charge in [0.2, 0.25) is 0 Å². The van der Waals surface area contributed by atoms with Crippen molar-refractivity contribution in [3.05, 3.63) is 57.8 Å². The monoisotopic (exact) mass is 400 g/mol. The molecular weight excluding hydrogens is 380 g/mol. The molecule has 1 aromatic heterocycles. The first-order valence-corrected chi connectivity index (χ1v) is 9.84. The maximum atomic E-state index is 12.6. The highest BCUT2D eigenvalue weighted by Crippen LogP contribution is 2.34. The number of carboxylic acids is 1. The summed E-state index contributed by atoms with van der Waals surface area (Å²) in [6, 6.07) is 8.77. The summed E-state index contributed by atoms with van der Waals surface area (Å²) in [6.45, 7) is 6.62. The number of aromatic nitrogens is 1. The number of aryl methyl sites for hydroxylation is 1. The van der Waals surface area contributed by atoms with Gasteiger partial charge in [0, 0.05) is 23.6 Å². The summed E-state index contributed by atoms with van der Waals surface area (Å²) in [5, 5.41) is 9.06. The lowest BCUT2D eigenvalue weighted by Gasteiger charge is -2.12. The Labute approximate surface area is 167 Å². The van der Waals surface area contributed by atoms with Crippen LogP contribution >= 0.6 is 24.0 Å². The summed E-state index contributed by atoms with van der Waals surface area (Å²) < 4.78 is 2.65. The van der Waals surface area contributed by atoms with Crippen molar-refractivity contribution in [1.82, 2.24) is 9.47 Å². The number of nitrogens with zero attached hydrogens (tertiary/aromatic N) is 2. The molecule has 1 saturated heterocycles. The van der Waals surface area contributed by atoms with E-state index in [1.54, 1.807) is 29.2 Å². The summed E-state index contributed by atoms with van der Waals surface area (Å²) in [5.41, 5.74) is 4.07. The molecule has 0 bridgehead atoms. The Morgan fingerprint density at radius 3 is 2.52 bits per heavy atom. The van der Waals surface area contributed by atoms with Gasteiger partial charge in [0.15, 0.2) is 0 Å². The number of rotatable bonds is 5. The number of amides is 1. The van der Waals surface area contributed by atoms with Crippen molar-refractivity contribution in [2.75, 3.05) is 6.54 Å². The molecule has 1 aliphatic heterocycles. The van der Waals surface area contributed by atoms with Gasteiger partial charge in [-0.05, 0) is 62.2 Å². The number of hydrogen-bond acceptors (Lipinski definition) is 4. The normalized spacial score (nSPS) is 15.8. The van der Waals surface area contributed by atoms with Gasteiger partial charge in [-0.1, -0.05) is 30.9 Å². The first kappa shape index (κ1) is 19.4. The lowest BCUT2D eigenvalue weighted by Crippen LogP contribution is -2.28. The van der Waals surface area contributed by atoms with Crippen LogP contribution in [0, 0.1) is 13.8 Å². The second-order valence-corrected chi connectivity index (χ2v) is 8.02. The van der Waals surface area contributed by atoms with E-state index >= 15 is 0 Å². The van der Waals surface area contributed by atoms with Crippen LogP contribution < -0.4 is 0 Å². The summed E-state index contributed by atoms with van der Waals surface area (Å²) >= 11 is 6.66. The molecule has 2 heterocycles. The van der Waals surface area contributed by atoms with Gasteiger partial charge in [0.05, 0.1) is 10.5 Å². The fourth-order valence-corrected chi connectivity index (χ4v) is 4.44. The molecule has 1 N–H and O–H groups in total. The second kappa shape index (κ2) is 7.70. The van der Waals surface area contributed by atoms with Crippen molar-refractivity contribution >= 4 is 46.3 Å². The molecule has 7 heteroatoms. The third-order valence-electron chi connectivity index (χ3n) is 4.45. The number of thiocarbonyl (C=S) groups is 1. The van der Waals surface area contributed by atoms with Crippen molar-refractivity contribution in [1.29, 1.82) is 0 Å². The Balaban J connectivity index is 1.96. The van der Waals surface area contributed by atoms with Crippen LogP contribution in [0.5, 0.6) is 0 Å². The van der Waals surface area contributed by atoms with Crippen molar-refractivity contribution in [2.24, 2.45) is 0 Å². The van der Waals surface area contributed by atoms with E-state index in [9.17, 15) is 9.59 Å². The summed E-state index contributed by atoms with van der Waals surface area (Å²) in [7, 11) is 0. The van der Waals surface area contributed by atoms with E-state index in [0.717, 1.165) is 29.1 Å². The molecule has 1 aromatic carbocycles. The fraction of sp³-hybridized carbons (Fsp3) is 0.250. The van der Waals surface area contributed by atoms with Crippen LogP contribution in [-0.2, 0) is 4.79 Å². The van der Waals surface area contributed by atoms with E-state index in [4.69, 9.17) is 17.3 Å². The van der Waals surface area contributed by atoms with Crippen LogP contribution in [0.15, 0.2) is 35.2 Å². The van der Waals surface area contributed by atoms with Gasteiger partial charge in [-0.3, -0.25) is 9.69 Å². The Morgan fingerprint density at radius 2 is 1.93 bits per heavy atom. The second-order valence-electron chi connectivity index (χ2n) is 6.35. The highest BCUT2D eigenvalue weighted by atomic mass is 32.2. The molecule has 0 radical (unpaired) electrons. The molecule has 3 rings (SSSR count). The van der Waals surface area contributed by atoms with E-state index < -0.39 is 5.97 Å². The lowest BCUT2D eigenvalue weighted by molar-refractivity contribution is -0.122. The Hall–Kier alpha value is -2.38. The van der Waals surface area contributed by atoms with Gasteiger partial charge in [0.25, 0.3) is 5.91 Å². The topological polar surface area (TPSA) is 62.5 Å². The molecule has 27 heavy (non-hydrogen) atoms. The average molecular weight is 401 g/mol. The van der Waals surface area contributed by atoms with Crippen molar-refractivity contribution in [2.45, 2.75) is 27.2 Å². The quantitative estimate of drug-likeness (QED) is 0.595. The summed E-state index contributed by atoms with van der Waals surface area (Å²) in [5.74, 6) is -0.986. The zero-order chi connectivity index (χ0) is 19.7. The van der Waals surface area contributed by atoms with E-state index in [1.165, 1.54) is 11.8 Å². The van der Waals surface area contributed by atoms with Gasteiger partial charge in [0.1, 0.15) is 4.32 Å². The maximum absolute atomic E-state index is 12.6. The fourth-order valence-electron chi connectivity index (χ4n) is 3.14. The smallest absolute Gasteiger partial charge is 0.335 e. The number of benzene rings is 1. The Bertz CT molecular complexity index is 958. The third kappa shape index (κ3) is 3.70. The predicted octanol–water partition coefficient (Wildman–Crippen LogP) is 4.40. The zero-order valence-corrected chi connectivity index (χ0v) is 17.0. The molecule has 0 spiro atoms. The van der Waals surface area contributed by atoms with Crippen LogP contribution in [-0.4, -0.2) is 37.3 Å². The SMILES string of the molecule is CCCN1C(=O)C(=Cc2cc(C)n(-c3ccc(C(=O)O)cc3)c2C)SC1=S. The number of carbonyl (C=O) groups excluding carboxylic acids is 1. The highest BCUT2D eigenvalue weighted by Gasteiger charge is 2.31. The van der Waals surface area contributed by atoms with Crippen LogP contribution in [0.25, 0.3) is 11.8 Å². The van der Waals surface area contributed by atoms with E-state index in [0.29, 0.717) is 15.8 Å². The average Bonchev–Trinajstić information content (AvgIpc) is 3.05. The minimum atomic E-state index is -0.947. The van der Waals surface area contributed by atoms with Gasteiger partial charge in [-0.25, -0.2) is 4.79 Å². The molecule has 0 aliphatic carbocycles. The molecule has 1 fully saturated rings. The van der Waals surface area contributed by atoms with E-state index in [2.05, 4.69) is 0 Å². The van der Waals surface area contributed by atoms with Crippen molar-refractivity contribution in [3.8, 4) is 5.69 Å². The standard InChI is InChI=1S/C20H20N2O3S2/c1-4-9-21-18(23)17(27-20(21)26)11-15-10-12(2)22(13(15)3)16-7-5-14(6-8-16)19(24)25/h5-8,10-11H,4,9H2,1-3H3,(H,24,25). The highest BCUT2D eigenvalue weighted by molar-refractivity contribution is 8.26. The minimum absolute atomic E-state index is 0.0394. The van der Waals surface area contributed by atoms with Crippen molar-refractivity contribution in [3.63, 3.8) is 0 Å². The lowest BCUT2D eigenvalue weighted by atomic mass is 10.2. The largest absolute Gasteiger partial charge is 0.478 e. The van der Waals surface area contributed by atoms with Gasteiger partial charge < -0.3 is 9.67 Å². The molecule has 5 nitrogen and oxygen atoms in total. The van der Waals surface area contributed by atoms with Crippen LogP contribution in [0.2, 0.25) is 0 Å². The molecule has 0 unspecified atom stereocenters. The molecule has 140 valence electrons. The third-order valence-corrected chi connectivity index (χ3v) is 5.83. The summed E-state index contributed by atoms with van der Waals surface area (Å²) in [6.07, 6.45) is 2.75. The van der Waals surface area contributed by atoms with Gasteiger partial charge >= 0.3 is 5.97 Å². The number of thioether (sulfide) groups is 1. The van der Waals surface area contributed by atoms with Crippen LogP contribution in [0.3, 0.4) is 0 Å². The van der Waals surface area contributed by atoms with E-state index in [-0.39, 0.29) is 11.5 Å². The molecule has 0 saturated carbocycles. The van der Waals surface area contributed by atoms with Crippen LogP contribution in [0.4, 0.5) is 0 Å². The maximum Gasteiger partial charge on any atom is 0.335 e. The molecule has 1 aliphatic rings. The van der Waals surface area contributed by atoms with Crippen LogP contribution in [0.1, 0.15) is 40.7 Å². The predicted molar refractivity (Wildman–Crippen MR) is 112 cm³/mol. The Morgan fingerprint density at radius 1 is 1.26 bits per heavy atom. The number of carboxylic acid groups (broad SMARTS) is 1. The summed E-state index contributed by atoms with van der Waals surface area (Å²) in [4.78, 5) is 25.9. The molecule has 0 atom stereocenters. The Kier molecular flexibility index (Phi) is 5.53. The number of aromatic carboxylic acids is 1. The number of hydrogen-bond donors (Lipinski definition) is 1. The van der Waals surface area contributed by atoms with E-state index in [1.807, 2.05) is 37.5 Å². The number of carbonyl (C=O) groups is 2. The molecule has 1 amide bonds. The zero-order valence-electron chi connectivity index (χ0n) is 15.4. The molecule has 2 aromatic rings. The van der Waals surface area contributed by atoms with Gasteiger partial charge in [-0.15, -0.1) is 0 Å². The molecular formula is C20H20N2O3S2. The van der Waals surface area contributed by atoms with Gasteiger partial charge in [-0.2, -0.15) is 0 Å². The first-order chi connectivity index (χ1) is 12.8. The first-order valence-electron chi connectivity index (χ1n) is 8.61. The van der Waals surface area contributed by atoms with Crippen molar-refractivity contribution < 1.29 is 14.7 Å².